The number of aromatic nitrogens is 2. The molecule has 0 unspecified atom stereocenters. The number of amides is 1. The SMILES string of the molecule is N[C@H](C(=O)NCCCn1cccn1)c1ccccc1. The summed E-state index contributed by atoms with van der Waals surface area (Å²) in [5.74, 6) is -0.147. The third-order valence-electron chi connectivity index (χ3n) is 2.86. The molecule has 1 aromatic carbocycles. The summed E-state index contributed by atoms with van der Waals surface area (Å²) in [7, 11) is 0. The van der Waals surface area contributed by atoms with E-state index in [1.807, 2.05) is 47.3 Å². The van der Waals surface area contributed by atoms with Crippen molar-refractivity contribution in [1.82, 2.24) is 15.1 Å². The first-order valence-corrected chi connectivity index (χ1v) is 6.33. The molecule has 0 aliphatic heterocycles. The lowest BCUT2D eigenvalue weighted by molar-refractivity contribution is -0.122. The van der Waals surface area contributed by atoms with Crippen LogP contribution in [-0.2, 0) is 11.3 Å². The second-order valence-corrected chi connectivity index (χ2v) is 4.30. The van der Waals surface area contributed by atoms with E-state index in [-0.39, 0.29) is 5.91 Å². The number of carbonyl (C=O) groups excluding carboxylic acids is 1. The van der Waals surface area contributed by atoms with Gasteiger partial charge in [-0.05, 0) is 18.1 Å². The van der Waals surface area contributed by atoms with Crippen LogP contribution in [0.5, 0.6) is 0 Å². The molecule has 1 amide bonds. The Morgan fingerprint density at radius 2 is 2.11 bits per heavy atom. The molecule has 5 heteroatoms. The summed E-state index contributed by atoms with van der Waals surface area (Å²) in [6.07, 6.45) is 4.47. The average Bonchev–Trinajstić information content (AvgIpc) is 2.96. The van der Waals surface area contributed by atoms with E-state index < -0.39 is 6.04 Å². The normalized spacial score (nSPS) is 12.1. The molecule has 0 aliphatic carbocycles. The van der Waals surface area contributed by atoms with E-state index in [4.69, 9.17) is 5.73 Å². The average molecular weight is 258 g/mol. The molecule has 0 saturated carbocycles. The largest absolute Gasteiger partial charge is 0.354 e. The summed E-state index contributed by atoms with van der Waals surface area (Å²) in [5.41, 5.74) is 6.71. The van der Waals surface area contributed by atoms with E-state index >= 15 is 0 Å². The molecule has 1 heterocycles. The van der Waals surface area contributed by atoms with Crippen LogP contribution in [0, 0.1) is 0 Å². The highest BCUT2D eigenvalue weighted by Gasteiger charge is 2.14. The zero-order valence-electron chi connectivity index (χ0n) is 10.7. The topological polar surface area (TPSA) is 72.9 Å². The molecule has 0 bridgehead atoms. The van der Waals surface area contributed by atoms with Crippen molar-refractivity contribution >= 4 is 5.91 Å². The Hall–Kier alpha value is -2.14. The van der Waals surface area contributed by atoms with Crippen LogP contribution in [0.25, 0.3) is 0 Å². The van der Waals surface area contributed by atoms with Gasteiger partial charge in [0.05, 0.1) is 0 Å². The molecule has 5 nitrogen and oxygen atoms in total. The Morgan fingerprint density at radius 3 is 2.79 bits per heavy atom. The molecule has 3 N–H and O–H groups in total. The second-order valence-electron chi connectivity index (χ2n) is 4.30. The van der Waals surface area contributed by atoms with Crippen molar-refractivity contribution < 1.29 is 4.79 Å². The number of nitrogens with one attached hydrogen (secondary N) is 1. The van der Waals surface area contributed by atoms with Crippen molar-refractivity contribution in [2.24, 2.45) is 5.73 Å². The number of hydrogen-bond donors (Lipinski definition) is 2. The third kappa shape index (κ3) is 3.93. The molecule has 1 aromatic heterocycles. The minimum Gasteiger partial charge on any atom is -0.354 e. The van der Waals surface area contributed by atoms with Gasteiger partial charge in [0.2, 0.25) is 5.91 Å². The Kier molecular flexibility index (Phi) is 4.69. The molecular formula is C14H18N4O. The quantitative estimate of drug-likeness (QED) is 0.762. The molecule has 2 aromatic rings. The van der Waals surface area contributed by atoms with Gasteiger partial charge in [-0.3, -0.25) is 9.48 Å². The van der Waals surface area contributed by atoms with E-state index in [0.717, 1.165) is 18.5 Å². The van der Waals surface area contributed by atoms with Gasteiger partial charge >= 0.3 is 0 Å². The predicted octanol–water partition coefficient (Wildman–Crippen LogP) is 1.09. The fraction of sp³-hybridized carbons (Fsp3) is 0.286. The fourth-order valence-corrected chi connectivity index (χ4v) is 1.81. The van der Waals surface area contributed by atoms with Crippen LogP contribution in [0.4, 0.5) is 0 Å². The number of hydrogen-bond acceptors (Lipinski definition) is 3. The lowest BCUT2D eigenvalue weighted by Crippen LogP contribution is -2.34. The lowest BCUT2D eigenvalue weighted by Gasteiger charge is -2.12. The molecule has 0 aliphatic rings. The van der Waals surface area contributed by atoms with Gasteiger partial charge in [0.1, 0.15) is 6.04 Å². The maximum atomic E-state index is 11.8. The van der Waals surface area contributed by atoms with Crippen molar-refractivity contribution in [2.75, 3.05) is 6.54 Å². The van der Waals surface area contributed by atoms with Crippen molar-refractivity contribution in [3.63, 3.8) is 0 Å². The van der Waals surface area contributed by atoms with Crippen LogP contribution in [0.1, 0.15) is 18.0 Å². The van der Waals surface area contributed by atoms with Gasteiger partial charge in [-0.1, -0.05) is 30.3 Å². The number of nitrogens with zero attached hydrogens (tertiary/aromatic N) is 2. The molecule has 100 valence electrons. The first-order valence-electron chi connectivity index (χ1n) is 6.33. The smallest absolute Gasteiger partial charge is 0.241 e. The lowest BCUT2D eigenvalue weighted by atomic mass is 10.1. The van der Waals surface area contributed by atoms with Gasteiger partial charge in [0.25, 0.3) is 0 Å². The number of benzene rings is 1. The Bertz CT molecular complexity index is 495. The van der Waals surface area contributed by atoms with Crippen molar-refractivity contribution in [2.45, 2.75) is 19.0 Å². The molecule has 0 radical (unpaired) electrons. The van der Waals surface area contributed by atoms with Crippen LogP contribution in [-0.4, -0.2) is 22.2 Å². The minimum absolute atomic E-state index is 0.147. The highest BCUT2D eigenvalue weighted by molar-refractivity contribution is 5.82. The molecule has 2 rings (SSSR count). The minimum atomic E-state index is -0.606. The van der Waals surface area contributed by atoms with E-state index in [9.17, 15) is 4.79 Å². The van der Waals surface area contributed by atoms with Crippen molar-refractivity contribution in [1.29, 1.82) is 0 Å². The third-order valence-corrected chi connectivity index (χ3v) is 2.86. The molecule has 0 saturated heterocycles. The van der Waals surface area contributed by atoms with E-state index in [1.165, 1.54) is 0 Å². The van der Waals surface area contributed by atoms with E-state index in [2.05, 4.69) is 10.4 Å². The standard InChI is InChI=1S/C14H18N4O/c15-13(12-6-2-1-3-7-12)14(19)16-8-4-10-18-11-5-9-17-18/h1-3,5-7,9,11,13H,4,8,10,15H2,(H,16,19)/t13-/m0/s1. The van der Waals surface area contributed by atoms with Gasteiger partial charge in [-0.15, -0.1) is 0 Å². The van der Waals surface area contributed by atoms with Crippen LogP contribution in [0.2, 0.25) is 0 Å². The van der Waals surface area contributed by atoms with Gasteiger partial charge in [0.15, 0.2) is 0 Å². The Morgan fingerprint density at radius 1 is 1.32 bits per heavy atom. The highest BCUT2D eigenvalue weighted by atomic mass is 16.2. The van der Waals surface area contributed by atoms with Gasteiger partial charge in [-0.2, -0.15) is 5.10 Å². The van der Waals surface area contributed by atoms with Crippen LogP contribution >= 0.6 is 0 Å². The number of rotatable bonds is 6. The monoisotopic (exact) mass is 258 g/mol. The number of nitrogens with two attached hydrogens (primary N) is 1. The van der Waals surface area contributed by atoms with Crippen molar-refractivity contribution in [3.05, 3.63) is 54.4 Å². The summed E-state index contributed by atoms with van der Waals surface area (Å²) < 4.78 is 1.84. The zero-order chi connectivity index (χ0) is 13.5. The highest BCUT2D eigenvalue weighted by Crippen LogP contribution is 2.08. The first kappa shape index (κ1) is 13.3. The van der Waals surface area contributed by atoms with E-state index in [0.29, 0.717) is 6.54 Å². The molecule has 1 atom stereocenters. The van der Waals surface area contributed by atoms with Crippen LogP contribution in [0.3, 0.4) is 0 Å². The summed E-state index contributed by atoms with van der Waals surface area (Å²) in [6, 6.07) is 10.6. The van der Waals surface area contributed by atoms with Gasteiger partial charge in [0, 0.05) is 25.5 Å². The number of carbonyl (C=O) groups is 1. The summed E-state index contributed by atoms with van der Waals surface area (Å²) in [5, 5.41) is 6.93. The summed E-state index contributed by atoms with van der Waals surface area (Å²) in [4.78, 5) is 11.8. The van der Waals surface area contributed by atoms with E-state index in [1.54, 1.807) is 6.20 Å². The Balaban J connectivity index is 1.72. The molecular weight excluding hydrogens is 240 g/mol. The van der Waals surface area contributed by atoms with Crippen LogP contribution in [0.15, 0.2) is 48.8 Å². The van der Waals surface area contributed by atoms with Crippen molar-refractivity contribution in [3.8, 4) is 0 Å². The van der Waals surface area contributed by atoms with Crippen LogP contribution < -0.4 is 11.1 Å². The van der Waals surface area contributed by atoms with Gasteiger partial charge < -0.3 is 11.1 Å². The maximum Gasteiger partial charge on any atom is 0.241 e. The Labute approximate surface area is 112 Å². The molecule has 0 fully saturated rings. The molecule has 0 spiro atoms. The zero-order valence-corrected chi connectivity index (χ0v) is 10.7. The number of aryl methyl sites for hydroxylation is 1. The maximum absolute atomic E-state index is 11.8. The molecule has 19 heavy (non-hydrogen) atoms. The summed E-state index contributed by atoms with van der Waals surface area (Å²) in [6.45, 7) is 1.38. The van der Waals surface area contributed by atoms with Gasteiger partial charge in [-0.25, -0.2) is 0 Å². The fourth-order valence-electron chi connectivity index (χ4n) is 1.81. The predicted molar refractivity (Wildman–Crippen MR) is 73.2 cm³/mol. The first-order chi connectivity index (χ1) is 9.27. The second kappa shape index (κ2) is 6.70. The summed E-state index contributed by atoms with van der Waals surface area (Å²) >= 11 is 0.